The van der Waals surface area contributed by atoms with Crippen molar-refractivity contribution in [3.63, 3.8) is 0 Å². The molecule has 2 N–H and O–H groups in total. The second-order valence-electron chi connectivity index (χ2n) is 4.62. The minimum absolute atomic E-state index is 0.0705. The molecule has 98 valence electrons. The van der Waals surface area contributed by atoms with Gasteiger partial charge in [0.25, 0.3) is 0 Å². The van der Waals surface area contributed by atoms with E-state index >= 15 is 0 Å². The number of nitro groups is 1. The van der Waals surface area contributed by atoms with Crippen LogP contribution in [0.5, 0.6) is 0 Å². The summed E-state index contributed by atoms with van der Waals surface area (Å²) in [7, 11) is 0. The Morgan fingerprint density at radius 2 is 2.11 bits per heavy atom. The Balaban J connectivity index is 2.22. The minimum atomic E-state index is -0.442. The maximum absolute atomic E-state index is 11.1. The van der Waals surface area contributed by atoms with Crippen LogP contribution in [-0.2, 0) is 0 Å². The van der Waals surface area contributed by atoms with Crippen molar-refractivity contribution in [2.24, 2.45) is 5.92 Å². The van der Waals surface area contributed by atoms with E-state index in [0.29, 0.717) is 18.3 Å². The molecule has 0 unspecified atom stereocenters. The molecule has 0 amide bonds. The zero-order valence-electron chi connectivity index (χ0n) is 10.5. The Labute approximate surface area is 105 Å². The molecule has 0 aliphatic heterocycles. The average Bonchev–Trinajstić information content (AvgIpc) is 2.27. The molecular weight excluding hydrogens is 234 g/mol. The van der Waals surface area contributed by atoms with Crippen LogP contribution in [0.15, 0.2) is 6.33 Å². The van der Waals surface area contributed by atoms with E-state index in [2.05, 4.69) is 27.5 Å². The number of nitrogens with one attached hydrogen (secondary N) is 2. The summed E-state index contributed by atoms with van der Waals surface area (Å²) < 4.78 is 0. The van der Waals surface area contributed by atoms with Crippen molar-refractivity contribution in [3.8, 4) is 0 Å². The summed E-state index contributed by atoms with van der Waals surface area (Å²) in [6.45, 7) is 4.61. The van der Waals surface area contributed by atoms with Gasteiger partial charge in [0.1, 0.15) is 6.33 Å². The monoisotopic (exact) mass is 251 g/mol. The lowest BCUT2D eigenvalue weighted by atomic mass is 9.82. The van der Waals surface area contributed by atoms with Gasteiger partial charge in [0, 0.05) is 12.6 Å². The van der Waals surface area contributed by atoms with Crippen LogP contribution in [-0.4, -0.2) is 27.5 Å². The Hall–Kier alpha value is -1.92. The highest BCUT2D eigenvalue weighted by Crippen LogP contribution is 2.34. The first-order valence-electron chi connectivity index (χ1n) is 6.11. The second kappa shape index (κ2) is 5.16. The van der Waals surface area contributed by atoms with Gasteiger partial charge in [-0.25, -0.2) is 9.97 Å². The van der Waals surface area contributed by atoms with Crippen molar-refractivity contribution in [1.82, 2.24) is 9.97 Å². The molecule has 1 saturated carbocycles. The summed E-state index contributed by atoms with van der Waals surface area (Å²) in [6, 6.07) is 0.281. The Morgan fingerprint density at radius 1 is 1.44 bits per heavy atom. The summed E-state index contributed by atoms with van der Waals surface area (Å²) in [4.78, 5) is 18.6. The molecule has 2 rings (SSSR count). The van der Waals surface area contributed by atoms with E-state index < -0.39 is 4.92 Å². The van der Waals surface area contributed by atoms with Crippen molar-refractivity contribution >= 4 is 17.3 Å². The fourth-order valence-electron chi connectivity index (χ4n) is 2.17. The molecule has 1 fully saturated rings. The van der Waals surface area contributed by atoms with Crippen LogP contribution in [0.3, 0.4) is 0 Å². The van der Waals surface area contributed by atoms with E-state index in [1.165, 1.54) is 6.33 Å². The molecule has 0 radical (unpaired) electrons. The Morgan fingerprint density at radius 3 is 2.67 bits per heavy atom. The number of rotatable bonds is 5. The quantitative estimate of drug-likeness (QED) is 0.614. The van der Waals surface area contributed by atoms with Gasteiger partial charge < -0.3 is 10.6 Å². The van der Waals surface area contributed by atoms with Gasteiger partial charge in [0.15, 0.2) is 0 Å². The molecule has 0 atom stereocenters. The SMILES string of the molecule is CCNc1ncnc(NC2CC(C)C2)c1[N+](=O)[O-]. The summed E-state index contributed by atoms with van der Waals surface area (Å²) in [5.41, 5.74) is -0.0705. The molecule has 0 bridgehead atoms. The molecule has 0 aromatic carbocycles. The molecule has 1 aromatic rings. The highest BCUT2D eigenvalue weighted by Gasteiger charge is 2.29. The maximum Gasteiger partial charge on any atom is 0.353 e. The average molecular weight is 251 g/mol. The van der Waals surface area contributed by atoms with Crippen molar-refractivity contribution in [3.05, 3.63) is 16.4 Å². The van der Waals surface area contributed by atoms with Crippen molar-refractivity contribution in [2.75, 3.05) is 17.2 Å². The zero-order valence-corrected chi connectivity index (χ0v) is 10.5. The van der Waals surface area contributed by atoms with Gasteiger partial charge in [0.05, 0.1) is 4.92 Å². The third kappa shape index (κ3) is 2.49. The molecule has 7 heteroatoms. The predicted molar refractivity (Wildman–Crippen MR) is 68.7 cm³/mol. The lowest BCUT2D eigenvalue weighted by Crippen LogP contribution is -2.34. The first kappa shape index (κ1) is 12.5. The van der Waals surface area contributed by atoms with E-state index in [-0.39, 0.29) is 17.5 Å². The molecule has 1 aliphatic carbocycles. The van der Waals surface area contributed by atoms with Crippen molar-refractivity contribution in [1.29, 1.82) is 0 Å². The first-order chi connectivity index (χ1) is 8.61. The largest absolute Gasteiger partial charge is 0.364 e. The van der Waals surface area contributed by atoms with E-state index in [1.807, 2.05) is 6.92 Å². The van der Waals surface area contributed by atoms with Gasteiger partial charge >= 0.3 is 5.69 Å². The first-order valence-corrected chi connectivity index (χ1v) is 6.11. The van der Waals surface area contributed by atoms with Crippen molar-refractivity contribution in [2.45, 2.75) is 32.7 Å². The topological polar surface area (TPSA) is 93.0 Å². The van der Waals surface area contributed by atoms with Gasteiger partial charge in [-0.15, -0.1) is 0 Å². The van der Waals surface area contributed by atoms with Gasteiger partial charge in [-0.05, 0) is 25.7 Å². The van der Waals surface area contributed by atoms with Crippen LogP contribution in [0.25, 0.3) is 0 Å². The van der Waals surface area contributed by atoms with Crippen LogP contribution in [0.1, 0.15) is 26.7 Å². The van der Waals surface area contributed by atoms with Gasteiger partial charge in [-0.2, -0.15) is 0 Å². The van der Waals surface area contributed by atoms with Gasteiger partial charge in [-0.1, -0.05) is 6.92 Å². The zero-order chi connectivity index (χ0) is 13.1. The van der Waals surface area contributed by atoms with E-state index in [1.54, 1.807) is 0 Å². The number of anilines is 2. The van der Waals surface area contributed by atoms with Gasteiger partial charge in [0.2, 0.25) is 11.6 Å². The second-order valence-corrected chi connectivity index (χ2v) is 4.62. The molecule has 7 nitrogen and oxygen atoms in total. The molecule has 18 heavy (non-hydrogen) atoms. The number of hydrogen-bond acceptors (Lipinski definition) is 6. The van der Waals surface area contributed by atoms with Gasteiger partial charge in [-0.3, -0.25) is 10.1 Å². The minimum Gasteiger partial charge on any atom is -0.364 e. The summed E-state index contributed by atoms with van der Waals surface area (Å²) in [6.07, 6.45) is 3.39. The number of aromatic nitrogens is 2. The Kier molecular flexibility index (Phi) is 3.59. The standard InChI is InChI=1S/C11H17N5O2/c1-3-12-10-9(16(17)18)11(14-6-13-10)15-8-4-7(2)5-8/h6-8H,3-5H2,1-2H3,(H2,12,13,14,15). The molecule has 1 aromatic heterocycles. The highest BCUT2D eigenvalue weighted by atomic mass is 16.6. The van der Waals surface area contributed by atoms with Crippen LogP contribution in [0.2, 0.25) is 0 Å². The third-order valence-corrected chi connectivity index (χ3v) is 3.06. The van der Waals surface area contributed by atoms with E-state index in [9.17, 15) is 10.1 Å². The lowest BCUT2D eigenvalue weighted by molar-refractivity contribution is -0.383. The molecular formula is C11H17N5O2. The fourth-order valence-corrected chi connectivity index (χ4v) is 2.17. The van der Waals surface area contributed by atoms with Crippen LogP contribution in [0.4, 0.5) is 17.3 Å². The van der Waals surface area contributed by atoms with Crippen molar-refractivity contribution < 1.29 is 4.92 Å². The normalized spacial score (nSPS) is 22.1. The third-order valence-electron chi connectivity index (χ3n) is 3.06. The molecule has 1 aliphatic rings. The number of nitrogens with zero attached hydrogens (tertiary/aromatic N) is 3. The van der Waals surface area contributed by atoms with E-state index in [4.69, 9.17) is 0 Å². The van der Waals surface area contributed by atoms with Crippen LogP contribution < -0.4 is 10.6 Å². The van der Waals surface area contributed by atoms with E-state index in [0.717, 1.165) is 12.8 Å². The number of hydrogen-bond donors (Lipinski definition) is 2. The van der Waals surface area contributed by atoms with Crippen LogP contribution >= 0.6 is 0 Å². The highest BCUT2D eigenvalue weighted by molar-refractivity contribution is 5.69. The predicted octanol–water partition coefficient (Wildman–Crippen LogP) is 2.03. The summed E-state index contributed by atoms with van der Waals surface area (Å²) in [5, 5.41) is 17.1. The fraction of sp³-hybridized carbons (Fsp3) is 0.636. The Bertz CT molecular complexity index is 445. The summed E-state index contributed by atoms with van der Waals surface area (Å²) in [5.74, 6) is 1.26. The molecule has 1 heterocycles. The molecule has 0 spiro atoms. The summed E-state index contributed by atoms with van der Waals surface area (Å²) >= 11 is 0. The molecule has 0 saturated heterocycles. The smallest absolute Gasteiger partial charge is 0.353 e. The van der Waals surface area contributed by atoms with Crippen LogP contribution in [0, 0.1) is 16.0 Å². The lowest BCUT2D eigenvalue weighted by Gasteiger charge is -2.33. The maximum atomic E-state index is 11.1.